The molecule has 0 spiro atoms. The van der Waals surface area contributed by atoms with Crippen LogP contribution in [0.25, 0.3) is 0 Å². The van der Waals surface area contributed by atoms with Gasteiger partial charge in [0.25, 0.3) is 5.91 Å². The highest BCUT2D eigenvalue weighted by atomic mass is 35.5. The van der Waals surface area contributed by atoms with Crippen molar-refractivity contribution in [2.24, 2.45) is 16.5 Å². The van der Waals surface area contributed by atoms with Crippen LogP contribution in [0.2, 0.25) is 5.02 Å². The highest BCUT2D eigenvalue weighted by Gasteiger charge is 2.40. The number of nitrogens with zero attached hydrogens (tertiary/aromatic N) is 2. The van der Waals surface area contributed by atoms with Gasteiger partial charge in [0.1, 0.15) is 6.54 Å². The maximum atomic E-state index is 12.5. The van der Waals surface area contributed by atoms with E-state index in [4.69, 9.17) is 23.1 Å². The molecule has 1 amide bonds. The summed E-state index contributed by atoms with van der Waals surface area (Å²) in [7, 11) is 0. The summed E-state index contributed by atoms with van der Waals surface area (Å²) in [5.74, 6) is -1.74. The third-order valence-electron chi connectivity index (χ3n) is 3.47. The average molecular weight is 363 g/mol. The van der Waals surface area contributed by atoms with Crippen LogP contribution in [-0.4, -0.2) is 36.4 Å². The van der Waals surface area contributed by atoms with Gasteiger partial charge in [-0.05, 0) is 24.6 Å². The molecule has 1 heterocycles. The number of carbonyl (C=O) groups excluding carboxylic acids is 2. The highest BCUT2D eigenvalue weighted by molar-refractivity contribution is 6.31. The van der Waals surface area contributed by atoms with Gasteiger partial charge in [0, 0.05) is 22.7 Å². The Morgan fingerprint density at radius 1 is 1.33 bits per heavy atom. The lowest BCUT2D eigenvalue weighted by Gasteiger charge is -2.25. The topological polar surface area (TPSA) is 102 Å². The largest absolute Gasteiger partial charge is 0.389 e. The number of nitrogens with two attached hydrogens (primary N) is 2. The number of hydrogen-bond donors (Lipinski definition) is 2. The molecule has 0 saturated carbocycles. The van der Waals surface area contributed by atoms with Crippen molar-refractivity contribution in [3.05, 3.63) is 28.8 Å². The van der Waals surface area contributed by atoms with E-state index in [-0.39, 0.29) is 10.6 Å². The molecule has 6 nitrogen and oxygen atoms in total. The summed E-state index contributed by atoms with van der Waals surface area (Å²) >= 11 is 5.84. The van der Waals surface area contributed by atoms with E-state index in [1.54, 1.807) is 0 Å². The quantitative estimate of drug-likeness (QED) is 0.628. The maximum absolute atomic E-state index is 12.5. The van der Waals surface area contributed by atoms with Gasteiger partial charge in [-0.3, -0.25) is 9.59 Å². The molecular formula is C14H14ClF3N4O2. The maximum Gasteiger partial charge on any atom is 0.389 e. The zero-order valence-corrected chi connectivity index (χ0v) is 13.1. The lowest BCUT2D eigenvalue weighted by molar-refractivity contribution is -0.135. The molecule has 2 rings (SSSR count). The van der Waals surface area contributed by atoms with E-state index in [0.717, 1.165) is 0 Å². The van der Waals surface area contributed by atoms with Crippen LogP contribution in [0.1, 0.15) is 23.2 Å². The highest BCUT2D eigenvalue weighted by Crippen LogP contribution is 2.37. The fraction of sp³-hybridized carbons (Fsp3) is 0.357. The number of hydrogen-bond acceptors (Lipinski definition) is 3. The van der Waals surface area contributed by atoms with Crippen molar-refractivity contribution in [2.45, 2.75) is 25.1 Å². The molecule has 1 atom stereocenters. The first-order valence-electron chi connectivity index (χ1n) is 6.88. The third kappa shape index (κ3) is 4.16. The zero-order valence-electron chi connectivity index (χ0n) is 12.3. The van der Waals surface area contributed by atoms with Crippen LogP contribution in [0.4, 0.5) is 18.9 Å². The fourth-order valence-electron chi connectivity index (χ4n) is 2.55. The molecule has 0 radical (unpaired) electrons. The number of halogens is 4. The van der Waals surface area contributed by atoms with Crippen molar-refractivity contribution < 1.29 is 22.8 Å². The van der Waals surface area contributed by atoms with E-state index in [2.05, 4.69) is 4.99 Å². The Kier molecular flexibility index (Phi) is 5.02. The lowest BCUT2D eigenvalue weighted by Crippen LogP contribution is -2.40. The Labute approximate surface area is 140 Å². The van der Waals surface area contributed by atoms with Crippen LogP contribution >= 0.6 is 11.6 Å². The second-order valence-electron chi connectivity index (χ2n) is 5.25. The lowest BCUT2D eigenvalue weighted by atomic mass is 10.0. The molecule has 0 fully saturated rings. The van der Waals surface area contributed by atoms with Gasteiger partial charge >= 0.3 is 6.18 Å². The average Bonchev–Trinajstić information content (AvgIpc) is 2.67. The number of fused-ring (bicyclic) bond motifs is 1. The van der Waals surface area contributed by atoms with E-state index in [0.29, 0.717) is 5.69 Å². The van der Waals surface area contributed by atoms with Crippen molar-refractivity contribution in [1.82, 2.24) is 0 Å². The number of ketones is 1. The number of anilines is 1. The van der Waals surface area contributed by atoms with E-state index < -0.39 is 49.3 Å². The molecule has 1 unspecified atom stereocenters. The van der Waals surface area contributed by atoms with Gasteiger partial charge in [-0.15, -0.1) is 0 Å². The van der Waals surface area contributed by atoms with Crippen LogP contribution < -0.4 is 16.4 Å². The van der Waals surface area contributed by atoms with Crippen LogP contribution in [0, 0.1) is 0 Å². The SMILES string of the molecule is NC(N)=NC(=O)CN1c2ccc(Cl)cc2C(=O)C1CCC(F)(F)F. The van der Waals surface area contributed by atoms with E-state index in [9.17, 15) is 22.8 Å². The Bertz CT molecular complexity index is 702. The smallest absolute Gasteiger partial charge is 0.370 e. The molecule has 1 aliphatic heterocycles. The van der Waals surface area contributed by atoms with E-state index >= 15 is 0 Å². The summed E-state index contributed by atoms with van der Waals surface area (Å²) in [6.07, 6.45) is -6.05. The monoisotopic (exact) mass is 362 g/mol. The van der Waals surface area contributed by atoms with Crippen molar-refractivity contribution in [3.8, 4) is 0 Å². The van der Waals surface area contributed by atoms with Gasteiger partial charge < -0.3 is 16.4 Å². The molecule has 1 aromatic rings. The van der Waals surface area contributed by atoms with Gasteiger partial charge in [-0.2, -0.15) is 18.2 Å². The Balaban J connectivity index is 2.32. The van der Waals surface area contributed by atoms with Crippen molar-refractivity contribution in [2.75, 3.05) is 11.4 Å². The predicted octanol–water partition coefficient (Wildman–Crippen LogP) is 1.85. The summed E-state index contributed by atoms with van der Waals surface area (Å²) in [5.41, 5.74) is 10.7. The standard InChI is InChI=1S/C14H14ClF3N4O2/c15-7-1-2-9-8(5-7)12(24)10(3-4-14(16,17)18)22(9)6-11(23)21-13(19)20/h1-2,5,10H,3-4,6H2,(H4,19,20,21,23). The van der Waals surface area contributed by atoms with Gasteiger partial charge in [-0.1, -0.05) is 11.6 Å². The number of aliphatic imine (C=N–C) groups is 1. The molecular weight excluding hydrogens is 349 g/mol. The second-order valence-corrected chi connectivity index (χ2v) is 5.69. The number of benzene rings is 1. The number of rotatable bonds is 4. The van der Waals surface area contributed by atoms with Crippen LogP contribution in [0.15, 0.2) is 23.2 Å². The Morgan fingerprint density at radius 3 is 2.58 bits per heavy atom. The second kappa shape index (κ2) is 6.68. The third-order valence-corrected chi connectivity index (χ3v) is 3.71. The predicted molar refractivity (Wildman–Crippen MR) is 83.0 cm³/mol. The first kappa shape index (κ1) is 18.1. The summed E-state index contributed by atoms with van der Waals surface area (Å²) in [6, 6.07) is 3.20. The van der Waals surface area contributed by atoms with Gasteiger partial charge in [0.15, 0.2) is 11.7 Å². The summed E-state index contributed by atoms with van der Waals surface area (Å²) in [5, 5.41) is 0.272. The molecule has 1 aromatic carbocycles. The van der Waals surface area contributed by atoms with Crippen molar-refractivity contribution in [3.63, 3.8) is 0 Å². The molecule has 0 aliphatic carbocycles. The number of Topliss-reactive ketones (excluding diaryl/α,β-unsaturated/α-hetero) is 1. The number of alkyl halides is 3. The molecule has 0 aromatic heterocycles. The minimum atomic E-state index is -4.41. The number of guanidine groups is 1. The minimum absolute atomic E-state index is 0.173. The Morgan fingerprint density at radius 2 is 2.00 bits per heavy atom. The summed E-state index contributed by atoms with van der Waals surface area (Å²) in [4.78, 5) is 28.8. The fourth-order valence-corrected chi connectivity index (χ4v) is 2.72. The molecule has 0 bridgehead atoms. The van der Waals surface area contributed by atoms with Gasteiger partial charge in [0.05, 0.1) is 6.04 Å². The summed E-state index contributed by atoms with van der Waals surface area (Å²) in [6.45, 7) is -0.416. The molecule has 130 valence electrons. The van der Waals surface area contributed by atoms with Gasteiger partial charge in [-0.25, -0.2) is 0 Å². The minimum Gasteiger partial charge on any atom is -0.370 e. The first-order chi connectivity index (χ1) is 11.1. The first-order valence-corrected chi connectivity index (χ1v) is 7.26. The van der Waals surface area contributed by atoms with Gasteiger partial charge in [0.2, 0.25) is 0 Å². The Hall–Kier alpha value is -2.29. The summed E-state index contributed by atoms with van der Waals surface area (Å²) < 4.78 is 37.6. The zero-order chi connectivity index (χ0) is 18.1. The molecule has 1 aliphatic rings. The number of amides is 1. The molecule has 10 heteroatoms. The van der Waals surface area contributed by atoms with Crippen LogP contribution in [-0.2, 0) is 4.79 Å². The normalized spacial score (nSPS) is 16.9. The number of carbonyl (C=O) groups is 2. The van der Waals surface area contributed by atoms with E-state index in [1.807, 2.05) is 0 Å². The van der Waals surface area contributed by atoms with Crippen LogP contribution in [0.5, 0.6) is 0 Å². The molecule has 4 N–H and O–H groups in total. The van der Waals surface area contributed by atoms with E-state index in [1.165, 1.54) is 23.1 Å². The molecule has 24 heavy (non-hydrogen) atoms. The molecule has 0 saturated heterocycles. The van der Waals surface area contributed by atoms with Crippen molar-refractivity contribution >= 4 is 34.9 Å². The van der Waals surface area contributed by atoms with Crippen molar-refractivity contribution in [1.29, 1.82) is 0 Å². The van der Waals surface area contributed by atoms with Crippen LogP contribution in [0.3, 0.4) is 0 Å².